The van der Waals surface area contributed by atoms with Gasteiger partial charge in [0.1, 0.15) is 18.7 Å². The van der Waals surface area contributed by atoms with Gasteiger partial charge in [0.2, 0.25) is 11.8 Å². The maximum atomic E-state index is 13.6. The van der Waals surface area contributed by atoms with Crippen molar-refractivity contribution >= 4 is 23.6 Å². The molecule has 2 aliphatic rings. The van der Waals surface area contributed by atoms with Crippen LogP contribution in [0.2, 0.25) is 0 Å². The molecule has 1 fully saturated rings. The molecule has 2 aromatic rings. The molecule has 1 saturated heterocycles. The summed E-state index contributed by atoms with van der Waals surface area (Å²) in [5, 5.41) is 15.4. The minimum atomic E-state index is -0.969. The standard InChI is InChI=1S/C26H28N4O4/c1-17(2)12-22(29-25(33)34-15-18-8-4-3-5-9-18)23(31)30-16-26(13-19(30)14-27)20-10-6-7-11-21(20)28-24(26)32/h3-11,17,19,22H,12-13,15-16H2,1-2H3,(H,28,32)(H,29,33)/t19-,22?,26-/m0/s1. The number of likely N-dealkylation sites (tertiary alicyclic amines) is 1. The number of nitrogens with zero attached hydrogens (tertiary/aromatic N) is 2. The van der Waals surface area contributed by atoms with Gasteiger partial charge >= 0.3 is 6.09 Å². The first-order valence-corrected chi connectivity index (χ1v) is 11.4. The van der Waals surface area contributed by atoms with Gasteiger partial charge in [-0.1, -0.05) is 62.4 Å². The largest absolute Gasteiger partial charge is 0.445 e. The molecular weight excluding hydrogens is 432 g/mol. The first kappa shape index (κ1) is 23.3. The number of ether oxygens (including phenoxy) is 1. The Morgan fingerprint density at radius 1 is 1.21 bits per heavy atom. The Balaban J connectivity index is 1.51. The number of amides is 3. The van der Waals surface area contributed by atoms with E-state index in [1.165, 1.54) is 4.90 Å². The first-order valence-electron chi connectivity index (χ1n) is 11.4. The van der Waals surface area contributed by atoms with Crippen molar-refractivity contribution in [3.8, 4) is 6.07 Å². The number of nitrogens with one attached hydrogen (secondary N) is 2. The van der Waals surface area contributed by atoms with E-state index < -0.39 is 23.6 Å². The Morgan fingerprint density at radius 2 is 1.91 bits per heavy atom. The zero-order valence-corrected chi connectivity index (χ0v) is 19.3. The topological polar surface area (TPSA) is 112 Å². The number of rotatable bonds is 6. The number of nitriles is 1. The monoisotopic (exact) mass is 460 g/mol. The number of hydrogen-bond donors (Lipinski definition) is 2. The third-order valence-electron chi connectivity index (χ3n) is 6.43. The highest BCUT2D eigenvalue weighted by molar-refractivity contribution is 6.07. The molecule has 2 N–H and O–H groups in total. The van der Waals surface area contributed by atoms with Crippen LogP contribution in [0, 0.1) is 17.2 Å². The lowest BCUT2D eigenvalue weighted by Crippen LogP contribution is -2.51. The van der Waals surface area contributed by atoms with Crippen molar-refractivity contribution < 1.29 is 19.1 Å². The molecular formula is C26H28N4O4. The fourth-order valence-electron chi connectivity index (χ4n) is 4.79. The number of fused-ring (bicyclic) bond motifs is 2. The van der Waals surface area contributed by atoms with Gasteiger partial charge < -0.3 is 20.3 Å². The molecule has 3 amide bonds. The van der Waals surface area contributed by atoms with E-state index in [1.807, 2.05) is 68.4 Å². The quantitative estimate of drug-likeness (QED) is 0.687. The van der Waals surface area contributed by atoms with Crippen molar-refractivity contribution in [3.63, 3.8) is 0 Å². The van der Waals surface area contributed by atoms with Crippen LogP contribution in [0.5, 0.6) is 0 Å². The van der Waals surface area contributed by atoms with E-state index >= 15 is 0 Å². The predicted octanol–water partition coefficient (Wildman–Crippen LogP) is 3.34. The molecule has 1 unspecified atom stereocenters. The minimum absolute atomic E-state index is 0.0832. The smallest absolute Gasteiger partial charge is 0.408 e. The van der Waals surface area contributed by atoms with Crippen LogP contribution in [-0.2, 0) is 26.3 Å². The molecule has 2 heterocycles. The SMILES string of the molecule is CC(C)CC(NC(=O)OCc1ccccc1)C(=O)N1C[C@]2(C[C@H]1C#N)C(=O)Nc1ccccc12. The van der Waals surface area contributed by atoms with Crippen molar-refractivity contribution in [3.05, 3.63) is 65.7 Å². The molecule has 2 aliphatic heterocycles. The van der Waals surface area contributed by atoms with Gasteiger partial charge in [0.25, 0.3) is 0 Å². The van der Waals surface area contributed by atoms with E-state index in [0.717, 1.165) is 11.1 Å². The highest BCUT2D eigenvalue weighted by atomic mass is 16.5. The molecule has 0 bridgehead atoms. The molecule has 34 heavy (non-hydrogen) atoms. The second kappa shape index (κ2) is 9.56. The Hall–Kier alpha value is -3.86. The summed E-state index contributed by atoms with van der Waals surface area (Å²) in [4.78, 5) is 40.5. The number of carbonyl (C=O) groups excluding carboxylic acids is 3. The van der Waals surface area contributed by atoms with Crippen LogP contribution in [-0.4, -0.2) is 41.4 Å². The summed E-state index contributed by atoms with van der Waals surface area (Å²) < 4.78 is 5.31. The maximum absolute atomic E-state index is 13.6. The summed E-state index contributed by atoms with van der Waals surface area (Å²) in [6.45, 7) is 4.07. The Labute approximate surface area is 198 Å². The molecule has 0 radical (unpaired) electrons. The molecule has 1 spiro atoms. The number of anilines is 1. The minimum Gasteiger partial charge on any atom is -0.445 e. The van der Waals surface area contributed by atoms with Gasteiger partial charge in [0.15, 0.2) is 0 Å². The molecule has 2 aromatic carbocycles. The number of para-hydroxylation sites is 1. The van der Waals surface area contributed by atoms with Crippen LogP contribution in [0.25, 0.3) is 0 Å². The van der Waals surface area contributed by atoms with Crippen LogP contribution in [0.1, 0.15) is 37.8 Å². The van der Waals surface area contributed by atoms with Crippen LogP contribution >= 0.6 is 0 Å². The van der Waals surface area contributed by atoms with Gasteiger partial charge in [0.05, 0.1) is 11.5 Å². The van der Waals surface area contributed by atoms with Crippen LogP contribution in [0.4, 0.5) is 10.5 Å². The average molecular weight is 461 g/mol. The lowest BCUT2D eigenvalue weighted by molar-refractivity contribution is -0.134. The number of alkyl carbamates (subject to hydrolysis) is 1. The molecule has 0 aliphatic carbocycles. The summed E-state index contributed by atoms with van der Waals surface area (Å²) in [7, 11) is 0. The van der Waals surface area contributed by atoms with Gasteiger partial charge in [-0.15, -0.1) is 0 Å². The van der Waals surface area contributed by atoms with Crippen molar-refractivity contribution in [1.82, 2.24) is 10.2 Å². The summed E-state index contributed by atoms with van der Waals surface area (Å²) in [5.41, 5.74) is 1.37. The highest BCUT2D eigenvalue weighted by Gasteiger charge is 2.56. The summed E-state index contributed by atoms with van der Waals surface area (Å²) in [6.07, 6.45) is -0.108. The van der Waals surface area contributed by atoms with E-state index in [2.05, 4.69) is 16.7 Å². The average Bonchev–Trinajstić information content (AvgIpc) is 3.35. The summed E-state index contributed by atoms with van der Waals surface area (Å²) in [5.74, 6) is -0.484. The summed E-state index contributed by atoms with van der Waals surface area (Å²) in [6, 6.07) is 17.2. The van der Waals surface area contributed by atoms with Gasteiger partial charge in [-0.2, -0.15) is 5.26 Å². The summed E-state index contributed by atoms with van der Waals surface area (Å²) >= 11 is 0. The number of benzene rings is 2. The molecule has 0 saturated carbocycles. The molecule has 8 nitrogen and oxygen atoms in total. The van der Waals surface area contributed by atoms with Crippen LogP contribution in [0.15, 0.2) is 54.6 Å². The zero-order valence-electron chi connectivity index (χ0n) is 19.3. The Bertz CT molecular complexity index is 1130. The lowest BCUT2D eigenvalue weighted by Gasteiger charge is -2.28. The van der Waals surface area contributed by atoms with Gasteiger partial charge in [0, 0.05) is 18.7 Å². The fourth-order valence-corrected chi connectivity index (χ4v) is 4.79. The van der Waals surface area contributed by atoms with Gasteiger partial charge in [-0.05, 0) is 29.5 Å². The van der Waals surface area contributed by atoms with Crippen molar-refractivity contribution in [2.45, 2.75) is 50.8 Å². The zero-order chi connectivity index (χ0) is 24.3. The normalized spacial score (nSPS) is 21.6. The molecule has 4 rings (SSSR count). The second-order valence-corrected chi connectivity index (χ2v) is 9.29. The maximum Gasteiger partial charge on any atom is 0.408 e. The Morgan fingerprint density at radius 3 is 2.62 bits per heavy atom. The second-order valence-electron chi connectivity index (χ2n) is 9.29. The number of carbonyl (C=O) groups is 3. The first-order chi connectivity index (χ1) is 16.3. The van der Waals surface area contributed by atoms with E-state index in [0.29, 0.717) is 12.1 Å². The molecule has 0 aromatic heterocycles. The van der Waals surface area contributed by atoms with Gasteiger partial charge in [-0.25, -0.2) is 4.79 Å². The van der Waals surface area contributed by atoms with E-state index in [9.17, 15) is 19.6 Å². The lowest BCUT2D eigenvalue weighted by atomic mass is 9.80. The molecule has 176 valence electrons. The van der Waals surface area contributed by atoms with Crippen molar-refractivity contribution in [1.29, 1.82) is 5.26 Å². The van der Waals surface area contributed by atoms with E-state index in [-0.39, 0.29) is 37.3 Å². The fraction of sp³-hybridized carbons (Fsp3) is 0.385. The predicted molar refractivity (Wildman–Crippen MR) is 125 cm³/mol. The third-order valence-corrected chi connectivity index (χ3v) is 6.43. The van der Waals surface area contributed by atoms with Gasteiger partial charge in [-0.3, -0.25) is 9.59 Å². The Kier molecular flexibility index (Phi) is 6.55. The van der Waals surface area contributed by atoms with Crippen molar-refractivity contribution in [2.24, 2.45) is 5.92 Å². The van der Waals surface area contributed by atoms with Crippen LogP contribution < -0.4 is 10.6 Å². The van der Waals surface area contributed by atoms with Crippen molar-refractivity contribution in [2.75, 3.05) is 11.9 Å². The van der Waals surface area contributed by atoms with Crippen LogP contribution in [0.3, 0.4) is 0 Å². The van der Waals surface area contributed by atoms with E-state index in [4.69, 9.17) is 4.74 Å². The highest BCUT2D eigenvalue weighted by Crippen LogP contribution is 2.46. The number of hydrogen-bond acceptors (Lipinski definition) is 5. The third kappa shape index (κ3) is 4.46. The van der Waals surface area contributed by atoms with E-state index in [1.54, 1.807) is 0 Å². The molecule has 3 atom stereocenters. The molecule has 8 heteroatoms.